The number of nitrogens with two attached hydrogens (primary N) is 1. The van der Waals surface area contributed by atoms with E-state index in [1.165, 1.54) is 12.1 Å². The van der Waals surface area contributed by atoms with Gasteiger partial charge in [-0.05, 0) is 25.0 Å². The number of nitrogens with one attached hydrogen (secondary N) is 1. The van der Waals surface area contributed by atoms with Crippen molar-refractivity contribution in [1.82, 2.24) is 10.3 Å². The third kappa shape index (κ3) is 3.23. The van der Waals surface area contributed by atoms with Crippen molar-refractivity contribution in [2.45, 2.75) is 32.2 Å². The van der Waals surface area contributed by atoms with Gasteiger partial charge in [0.2, 0.25) is 0 Å². The first-order valence-corrected chi connectivity index (χ1v) is 5.71. The molecule has 94 valence electrons. The lowest BCUT2D eigenvalue weighted by molar-refractivity contribution is 0.0890. The molecular weight excluding hydrogens is 221 g/mol. The highest BCUT2D eigenvalue weighted by Crippen LogP contribution is 2.14. The van der Waals surface area contributed by atoms with E-state index in [4.69, 9.17) is 5.73 Å². The number of hydrogen-bond donors (Lipinski definition) is 2. The zero-order valence-electron chi connectivity index (χ0n) is 10.2. The molecule has 0 bridgehead atoms. The lowest BCUT2D eigenvalue weighted by Gasteiger charge is -2.31. The van der Waals surface area contributed by atoms with E-state index in [0.29, 0.717) is 6.54 Å². The first-order valence-electron chi connectivity index (χ1n) is 5.71. The largest absolute Gasteiger partial charge is 0.344 e. The molecule has 17 heavy (non-hydrogen) atoms. The number of aromatic nitrogens is 1. The second-order valence-electron chi connectivity index (χ2n) is 4.01. The summed E-state index contributed by atoms with van der Waals surface area (Å²) >= 11 is 0. The number of nitrogens with zero attached hydrogens (tertiary/aromatic N) is 1. The van der Waals surface area contributed by atoms with Gasteiger partial charge in [0.25, 0.3) is 5.91 Å². The maximum absolute atomic E-state index is 12.7. The smallest absolute Gasteiger partial charge is 0.270 e. The van der Waals surface area contributed by atoms with E-state index < -0.39 is 11.4 Å². The molecule has 0 unspecified atom stereocenters. The van der Waals surface area contributed by atoms with E-state index in [1.807, 2.05) is 13.8 Å². The van der Waals surface area contributed by atoms with Crippen molar-refractivity contribution in [3.63, 3.8) is 0 Å². The van der Waals surface area contributed by atoms with Gasteiger partial charge in [0, 0.05) is 6.54 Å². The summed E-state index contributed by atoms with van der Waals surface area (Å²) in [6, 6.07) is 2.57. The lowest BCUT2D eigenvalue weighted by atomic mass is 9.93. The molecule has 0 saturated carbocycles. The Morgan fingerprint density at radius 2 is 2.12 bits per heavy atom. The normalized spacial score (nSPS) is 11.3. The van der Waals surface area contributed by atoms with Crippen LogP contribution in [-0.4, -0.2) is 23.0 Å². The van der Waals surface area contributed by atoms with Crippen LogP contribution in [0.4, 0.5) is 4.39 Å². The van der Waals surface area contributed by atoms with Gasteiger partial charge in [-0.2, -0.15) is 0 Å². The molecule has 0 aliphatic rings. The minimum Gasteiger partial charge on any atom is -0.344 e. The molecule has 1 heterocycles. The van der Waals surface area contributed by atoms with Crippen LogP contribution in [0.3, 0.4) is 0 Å². The average Bonchev–Trinajstić information content (AvgIpc) is 2.37. The van der Waals surface area contributed by atoms with E-state index in [1.54, 1.807) is 0 Å². The Morgan fingerprint density at radius 3 is 2.53 bits per heavy atom. The average molecular weight is 239 g/mol. The van der Waals surface area contributed by atoms with Crippen molar-refractivity contribution in [3.8, 4) is 0 Å². The Morgan fingerprint density at radius 1 is 1.47 bits per heavy atom. The van der Waals surface area contributed by atoms with Crippen molar-refractivity contribution < 1.29 is 9.18 Å². The molecular formula is C12H18FN3O. The molecule has 1 aromatic heterocycles. The number of hydrogen-bond acceptors (Lipinski definition) is 3. The van der Waals surface area contributed by atoms with Crippen LogP contribution < -0.4 is 11.1 Å². The highest BCUT2D eigenvalue weighted by molar-refractivity contribution is 5.92. The molecule has 0 fully saturated rings. The standard InChI is InChI=1S/C12H18FN3O/c1-3-12(4-2,8-14)16-11(17)10-6-5-9(13)7-15-10/h5-7H,3-4,8,14H2,1-2H3,(H,16,17). The summed E-state index contributed by atoms with van der Waals surface area (Å²) < 4.78 is 12.7. The highest BCUT2D eigenvalue weighted by atomic mass is 19.1. The molecule has 5 heteroatoms. The Kier molecular flexibility index (Phi) is 4.57. The molecule has 0 aromatic carbocycles. The van der Waals surface area contributed by atoms with Crippen molar-refractivity contribution >= 4 is 5.91 Å². The van der Waals surface area contributed by atoms with Crippen LogP contribution in [0.15, 0.2) is 18.3 Å². The Bertz CT molecular complexity index is 366. The van der Waals surface area contributed by atoms with Crippen LogP contribution in [0.1, 0.15) is 37.2 Å². The summed E-state index contributed by atoms with van der Waals surface area (Å²) in [6.07, 6.45) is 2.51. The molecule has 3 N–H and O–H groups in total. The van der Waals surface area contributed by atoms with E-state index in [0.717, 1.165) is 19.0 Å². The number of halogens is 1. The summed E-state index contributed by atoms with van der Waals surface area (Å²) in [5, 5.41) is 2.87. The fraction of sp³-hybridized carbons (Fsp3) is 0.500. The summed E-state index contributed by atoms with van der Waals surface area (Å²) in [4.78, 5) is 15.6. The number of carbonyl (C=O) groups is 1. The van der Waals surface area contributed by atoms with E-state index in [9.17, 15) is 9.18 Å². The van der Waals surface area contributed by atoms with Gasteiger partial charge in [-0.25, -0.2) is 9.37 Å². The second-order valence-corrected chi connectivity index (χ2v) is 4.01. The highest BCUT2D eigenvalue weighted by Gasteiger charge is 2.27. The SMILES string of the molecule is CCC(CC)(CN)NC(=O)c1ccc(F)cn1. The van der Waals surface area contributed by atoms with Crippen LogP contribution >= 0.6 is 0 Å². The lowest BCUT2D eigenvalue weighted by Crippen LogP contribution is -2.53. The molecule has 1 rings (SSSR count). The van der Waals surface area contributed by atoms with E-state index in [-0.39, 0.29) is 11.6 Å². The van der Waals surface area contributed by atoms with Crippen molar-refractivity contribution in [3.05, 3.63) is 29.8 Å². The fourth-order valence-electron chi connectivity index (χ4n) is 1.58. The molecule has 1 aromatic rings. The molecule has 0 saturated heterocycles. The van der Waals surface area contributed by atoms with Gasteiger partial charge < -0.3 is 11.1 Å². The van der Waals surface area contributed by atoms with Crippen LogP contribution in [-0.2, 0) is 0 Å². The minimum absolute atomic E-state index is 0.200. The van der Waals surface area contributed by atoms with Gasteiger partial charge in [-0.1, -0.05) is 13.8 Å². The molecule has 1 amide bonds. The van der Waals surface area contributed by atoms with Crippen LogP contribution in [0.25, 0.3) is 0 Å². The van der Waals surface area contributed by atoms with E-state index in [2.05, 4.69) is 10.3 Å². The number of pyridine rings is 1. The van der Waals surface area contributed by atoms with E-state index >= 15 is 0 Å². The second kappa shape index (κ2) is 5.72. The monoisotopic (exact) mass is 239 g/mol. The minimum atomic E-state index is -0.461. The van der Waals surface area contributed by atoms with Gasteiger partial charge in [0.05, 0.1) is 11.7 Å². The summed E-state index contributed by atoms with van der Waals surface area (Å²) in [5.74, 6) is -0.781. The number of amides is 1. The van der Waals surface area contributed by atoms with Gasteiger partial charge in [0.15, 0.2) is 0 Å². The first kappa shape index (κ1) is 13.6. The fourth-order valence-corrected chi connectivity index (χ4v) is 1.58. The molecule has 0 atom stereocenters. The van der Waals surface area contributed by atoms with Gasteiger partial charge >= 0.3 is 0 Å². The zero-order chi connectivity index (χ0) is 12.9. The molecule has 0 spiro atoms. The quantitative estimate of drug-likeness (QED) is 0.817. The van der Waals surface area contributed by atoms with Gasteiger partial charge in [-0.3, -0.25) is 4.79 Å². The summed E-state index contributed by atoms with van der Waals surface area (Å²) in [7, 11) is 0. The number of rotatable bonds is 5. The predicted octanol–water partition coefficient (Wildman–Crippen LogP) is 1.47. The molecule has 0 radical (unpaired) electrons. The van der Waals surface area contributed by atoms with Crippen LogP contribution in [0.5, 0.6) is 0 Å². The van der Waals surface area contributed by atoms with Crippen LogP contribution in [0.2, 0.25) is 0 Å². The van der Waals surface area contributed by atoms with Crippen molar-refractivity contribution in [2.75, 3.05) is 6.54 Å². The van der Waals surface area contributed by atoms with Crippen molar-refractivity contribution in [1.29, 1.82) is 0 Å². The Labute approximate surface area is 100 Å². The third-order valence-corrected chi connectivity index (χ3v) is 3.08. The Balaban J connectivity index is 2.81. The zero-order valence-corrected chi connectivity index (χ0v) is 10.2. The maximum atomic E-state index is 12.7. The first-order chi connectivity index (χ1) is 8.06. The topological polar surface area (TPSA) is 68.0 Å². The molecule has 0 aliphatic heterocycles. The predicted molar refractivity (Wildman–Crippen MR) is 64.0 cm³/mol. The van der Waals surface area contributed by atoms with Gasteiger partial charge in [0.1, 0.15) is 11.5 Å². The third-order valence-electron chi connectivity index (χ3n) is 3.08. The maximum Gasteiger partial charge on any atom is 0.270 e. The summed E-state index contributed by atoms with van der Waals surface area (Å²) in [6.45, 7) is 4.30. The number of carbonyl (C=O) groups excluding carboxylic acids is 1. The molecule has 0 aliphatic carbocycles. The van der Waals surface area contributed by atoms with Crippen LogP contribution in [0, 0.1) is 5.82 Å². The van der Waals surface area contributed by atoms with Crippen molar-refractivity contribution in [2.24, 2.45) is 5.73 Å². The molecule has 4 nitrogen and oxygen atoms in total. The Hall–Kier alpha value is -1.49. The van der Waals surface area contributed by atoms with Gasteiger partial charge in [-0.15, -0.1) is 0 Å². The summed E-state index contributed by atoms with van der Waals surface area (Å²) in [5.41, 5.74) is 5.47.